The van der Waals surface area contributed by atoms with Gasteiger partial charge in [-0.05, 0) is 44.2 Å². The SMILES string of the molecule is Cc1noc(-c2ccc(N)cc2)c1NC(=O)O[C@H](C)c1ccccc1Cl. The van der Waals surface area contributed by atoms with Gasteiger partial charge in [0.1, 0.15) is 17.5 Å². The van der Waals surface area contributed by atoms with Gasteiger partial charge >= 0.3 is 6.09 Å². The number of ether oxygens (including phenoxy) is 1. The third-order valence-electron chi connectivity index (χ3n) is 3.89. The zero-order chi connectivity index (χ0) is 18.7. The number of nitrogen functional groups attached to an aromatic ring is 1. The number of carbonyl (C=O) groups excluding carboxylic acids is 1. The van der Waals surface area contributed by atoms with Crippen molar-refractivity contribution >= 4 is 29.1 Å². The van der Waals surface area contributed by atoms with Crippen molar-refractivity contribution in [1.29, 1.82) is 0 Å². The predicted octanol–water partition coefficient (Wildman–Crippen LogP) is 5.20. The molecule has 0 bridgehead atoms. The number of nitrogens with one attached hydrogen (secondary N) is 1. The summed E-state index contributed by atoms with van der Waals surface area (Å²) in [6.45, 7) is 3.49. The first-order valence-corrected chi connectivity index (χ1v) is 8.37. The summed E-state index contributed by atoms with van der Waals surface area (Å²) < 4.78 is 10.8. The normalized spacial score (nSPS) is 11.8. The standard InChI is InChI=1S/C19H18ClN3O3/c1-11-17(18(26-23-11)13-7-9-14(21)10-8-13)22-19(24)25-12(2)15-5-3-4-6-16(15)20/h3-10,12H,21H2,1-2H3,(H,22,24)/t12-/m1/s1. The molecular formula is C19H18ClN3O3. The molecule has 0 radical (unpaired) electrons. The molecule has 3 N–H and O–H groups in total. The number of halogens is 1. The van der Waals surface area contributed by atoms with Crippen LogP contribution >= 0.6 is 11.6 Å². The highest BCUT2D eigenvalue weighted by Gasteiger charge is 2.20. The Morgan fingerprint density at radius 3 is 2.62 bits per heavy atom. The van der Waals surface area contributed by atoms with Crippen molar-refractivity contribution in [3.8, 4) is 11.3 Å². The Morgan fingerprint density at radius 1 is 1.23 bits per heavy atom. The average molecular weight is 372 g/mol. The largest absolute Gasteiger partial charge is 0.441 e. The Bertz CT molecular complexity index is 922. The van der Waals surface area contributed by atoms with Crippen molar-refractivity contribution < 1.29 is 14.1 Å². The number of carbonyl (C=O) groups is 1. The number of nitrogens with zero attached hydrogens (tertiary/aromatic N) is 1. The fourth-order valence-electron chi connectivity index (χ4n) is 2.51. The second-order valence-corrected chi connectivity index (χ2v) is 6.20. The molecule has 134 valence electrons. The smallest absolute Gasteiger partial charge is 0.412 e. The third-order valence-corrected chi connectivity index (χ3v) is 4.23. The molecule has 0 aliphatic heterocycles. The highest BCUT2D eigenvalue weighted by Crippen LogP contribution is 2.32. The lowest BCUT2D eigenvalue weighted by Crippen LogP contribution is -2.17. The molecule has 2 aromatic carbocycles. The zero-order valence-corrected chi connectivity index (χ0v) is 15.1. The van der Waals surface area contributed by atoms with Crippen LogP contribution in [0.15, 0.2) is 53.1 Å². The summed E-state index contributed by atoms with van der Waals surface area (Å²) in [6.07, 6.45) is -1.13. The van der Waals surface area contributed by atoms with E-state index < -0.39 is 12.2 Å². The molecule has 3 aromatic rings. The molecule has 26 heavy (non-hydrogen) atoms. The van der Waals surface area contributed by atoms with Crippen molar-refractivity contribution in [2.75, 3.05) is 11.1 Å². The van der Waals surface area contributed by atoms with Gasteiger partial charge in [0.05, 0.1) is 0 Å². The van der Waals surface area contributed by atoms with E-state index in [1.807, 2.05) is 18.2 Å². The van der Waals surface area contributed by atoms with Crippen LogP contribution in [0.3, 0.4) is 0 Å². The van der Waals surface area contributed by atoms with Crippen LogP contribution in [0, 0.1) is 6.92 Å². The zero-order valence-electron chi connectivity index (χ0n) is 14.3. The van der Waals surface area contributed by atoms with E-state index in [0.717, 1.165) is 11.1 Å². The van der Waals surface area contributed by atoms with Crippen molar-refractivity contribution in [3.63, 3.8) is 0 Å². The van der Waals surface area contributed by atoms with Crippen molar-refractivity contribution in [2.45, 2.75) is 20.0 Å². The molecule has 1 amide bonds. The lowest BCUT2D eigenvalue weighted by Gasteiger charge is -2.15. The molecule has 7 heteroatoms. The Kier molecular flexibility index (Phi) is 5.14. The van der Waals surface area contributed by atoms with E-state index in [1.54, 1.807) is 44.2 Å². The van der Waals surface area contributed by atoms with Crippen LogP contribution < -0.4 is 11.1 Å². The maximum atomic E-state index is 12.3. The topological polar surface area (TPSA) is 90.4 Å². The van der Waals surface area contributed by atoms with E-state index in [9.17, 15) is 4.79 Å². The fraction of sp³-hybridized carbons (Fsp3) is 0.158. The molecule has 0 aliphatic carbocycles. The van der Waals surface area contributed by atoms with E-state index in [-0.39, 0.29) is 0 Å². The summed E-state index contributed by atoms with van der Waals surface area (Å²) in [7, 11) is 0. The lowest BCUT2D eigenvalue weighted by atomic mass is 10.1. The number of nitrogens with two attached hydrogens (primary N) is 1. The van der Waals surface area contributed by atoms with Crippen molar-refractivity contribution in [3.05, 3.63) is 64.8 Å². The molecule has 3 rings (SSSR count). The number of aromatic nitrogens is 1. The highest BCUT2D eigenvalue weighted by atomic mass is 35.5. The fourth-order valence-corrected chi connectivity index (χ4v) is 2.80. The van der Waals surface area contributed by atoms with Gasteiger partial charge in [-0.1, -0.05) is 35.0 Å². The van der Waals surface area contributed by atoms with Gasteiger partial charge < -0.3 is 15.0 Å². The van der Waals surface area contributed by atoms with Gasteiger partial charge in [-0.2, -0.15) is 0 Å². The van der Waals surface area contributed by atoms with Crippen molar-refractivity contribution in [2.24, 2.45) is 0 Å². The molecule has 1 heterocycles. The minimum absolute atomic E-state index is 0.435. The second kappa shape index (κ2) is 7.49. The van der Waals surface area contributed by atoms with Gasteiger partial charge in [0.15, 0.2) is 5.76 Å². The highest BCUT2D eigenvalue weighted by molar-refractivity contribution is 6.31. The molecule has 0 saturated carbocycles. The number of aryl methyl sites for hydroxylation is 1. The van der Waals surface area contributed by atoms with E-state index in [4.69, 9.17) is 26.6 Å². The maximum absolute atomic E-state index is 12.3. The molecule has 1 atom stereocenters. The monoisotopic (exact) mass is 371 g/mol. The van der Waals surface area contributed by atoms with Crippen LogP contribution in [0.25, 0.3) is 11.3 Å². The summed E-state index contributed by atoms with van der Waals surface area (Å²) >= 11 is 6.14. The Morgan fingerprint density at radius 2 is 1.92 bits per heavy atom. The maximum Gasteiger partial charge on any atom is 0.412 e. The van der Waals surface area contributed by atoms with Gasteiger partial charge in [0, 0.05) is 21.8 Å². The van der Waals surface area contributed by atoms with Gasteiger partial charge in [-0.15, -0.1) is 0 Å². The first-order chi connectivity index (χ1) is 12.5. The first-order valence-electron chi connectivity index (χ1n) is 8.00. The quantitative estimate of drug-likeness (QED) is 0.615. The van der Waals surface area contributed by atoms with E-state index in [2.05, 4.69) is 10.5 Å². The van der Waals surface area contributed by atoms with E-state index >= 15 is 0 Å². The minimum Gasteiger partial charge on any atom is -0.441 e. The number of anilines is 2. The average Bonchev–Trinajstić information content (AvgIpc) is 2.96. The molecule has 1 aromatic heterocycles. The molecule has 0 unspecified atom stereocenters. The van der Waals surface area contributed by atoms with Crippen LogP contribution in [0.4, 0.5) is 16.2 Å². The predicted molar refractivity (Wildman–Crippen MR) is 101 cm³/mol. The van der Waals surface area contributed by atoms with Gasteiger partial charge in [-0.3, -0.25) is 5.32 Å². The van der Waals surface area contributed by atoms with Gasteiger partial charge in [-0.25, -0.2) is 4.79 Å². The Hall–Kier alpha value is -2.99. The number of amides is 1. The summed E-state index contributed by atoms with van der Waals surface area (Å²) in [6, 6.07) is 14.3. The van der Waals surface area contributed by atoms with Gasteiger partial charge in [0.25, 0.3) is 0 Å². The van der Waals surface area contributed by atoms with E-state index in [0.29, 0.717) is 27.9 Å². The van der Waals surface area contributed by atoms with Crippen LogP contribution in [0.5, 0.6) is 0 Å². The Labute approximate surface area is 155 Å². The Balaban J connectivity index is 1.77. The first kappa shape index (κ1) is 17.8. The molecular weight excluding hydrogens is 354 g/mol. The van der Waals surface area contributed by atoms with E-state index in [1.165, 1.54) is 0 Å². The number of rotatable bonds is 4. The number of hydrogen-bond acceptors (Lipinski definition) is 5. The number of hydrogen-bond donors (Lipinski definition) is 2. The van der Waals surface area contributed by atoms with Gasteiger partial charge in [0.2, 0.25) is 0 Å². The summed E-state index contributed by atoms with van der Waals surface area (Å²) in [5, 5.41) is 7.16. The molecule has 0 spiro atoms. The second-order valence-electron chi connectivity index (χ2n) is 5.79. The van der Waals surface area contributed by atoms with Crippen LogP contribution in [-0.2, 0) is 4.74 Å². The lowest BCUT2D eigenvalue weighted by molar-refractivity contribution is 0.121. The van der Waals surface area contributed by atoms with Crippen molar-refractivity contribution in [1.82, 2.24) is 5.16 Å². The molecule has 0 aliphatic rings. The van der Waals surface area contributed by atoms with Crippen LogP contribution in [0.2, 0.25) is 5.02 Å². The summed E-state index contributed by atoms with van der Waals surface area (Å²) in [5.74, 6) is 0.435. The minimum atomic E-state index is -0.625. The summed E-state index contributed by atoms with van der Waals surface area (Å²) in [4.78, 5) is 12.3. The molecule has 0 saturated heterocycles. The van der Waals surface area contributed by atoms with Crippen LogP contribution in [-0.4, -0.2) is 11.2 Å². The summed E-state index contributed by atoms with van der Waals surface area (Å²) in [5.41, 5.74) is 8.80. The number of benzene rings is 2. The third kappa shape index (κ3) is 3.81. The molecule has 0 fully saturated rings. The molecule has 6 nitrogen and oxygen atoms in total. The van der Waals surface area contributed by atoms with Crippen LogP contribution in [0.1, 0.15) is 24.3 Å².